The Morgan fingerprint density at radius 2 is 0.548 bits per heavy atom. The van der Waals surface area contributed by atoms with Crippen LogP contribution in [0.25, 0.3) is 0 Å². The third kappa shape index (κ3) is 59.0. The second-order valence-corrected chi connectivity index (χ2v) is 26.9. The summed E-state index contributed by atoms with van der Waals surface area (Å²) in [6.45, 7) is 7.16. The Bertz CT molecular complexity index is 1640. The fourth-order valence-electron chi connectivity index (χ4n) is 9.76. The van der Waals surface area contributed by atoms with Gasteiger partial charge in [0.05, 0.1) is 26.4 Å². The van der Waals surface area contributed by atoms with Gasteiger partial charge in [-0.2, -0.15) is 0 Å². The van der Waals surface area contributed by atoms with E-state index in [9.17, 15) is 43.2 Å². The van der Waals surface area contributed by atoms with E-state index in [1.165, 1.54) is 141 Å². The molecule has 0 bridgehead atoms. The van der Waals surface area contributed by atoms with Crippen LogP contribution in [0.15, 0.2) is 0 Å². The lowest BCUT2D eigenvalue weighted by Gasteiger charge is -2.21. The van der Waals surface area contributed by atoms with Gasteiger partial charge >= 0.3 is 39.5 Å². The van der Waals surface area contributed by atoms with Gasteiger partial charge in [-0.15, -0.1) is 0 Å². The molecule has 0 aromatic heterocycles. The van der Waals surface area contributed by atoms with Gasteiger partial charge in [0.25, 0.3) is 0 Å². The van der Waals surface area contributed by atoms with Gasteiger partial charge in [-0.1, -0.05) is 279 Å². The Morgan fingerprint density at radius 1 is 0.321 bits per heavy atom. The van der Waals surface area contributed by atoms with Gasteiger partial charge in [-0.05, 0) is 31.6 Å². The molecule has 0 aliphatic carbocycles. The summed E-state index contributed by atoms with van der Waals surface area (Å²) >= 11 is 0. The minimum Gasteiger partial charge on any atom is -0.462 e. The number of unbranched alkanes of at least 4 members (excludes halogenated alkanes) is 37. The molecule has 0 rings (SSSR count). The van der Waals surface area contributed by atoms with Crippen molar-refractivity contribution in [1.29, 1.82) is 0 Å². The molecule has 0 saturated heterocycles. The monoisotopic (exact) mass is 1240 g/mol. The molecule has 0 spiro atoms. The zero-order valence-electron chi connectivity index (χ0n) is 54.0. The van der Waals surface area contributed by atoms with Crippen LogP contribution < -0.4 is 0 Å². The standard InChI is InChI=1S/C65H126O17P2/c1-6-9-12-15-18-21-22-23-24-27-30-35-39-44-49-63(68)76-55-61(82-65(70)51-46-41-36-31-28-25-26-29-32-37-42-47-58(4)5)57-80-84(73,74)78-53-59(66)52-77-83(71,72)79-56-60(81-64(69)50-45-40-34-20-17-14-11-8-3)54-75-62(67)48-43-38-33-19-16-13-10-7-2/h58-61,66H,6-57H2,1-5H3,(H,71,72)(H,73,74)/t59-,60+,61+/m0/s1. The first-order valence-corrected chi connectivity index (χ1v) is 37.1. The van der Waals surface area contributed by atoms with Crippen molar-refractivity contribution in [3.8, 4) is 0 Å². The molecule has 0 aromatic rings. The predicted octanol–water partition coefficient (Wildman–Crippen LogP) is 18.2. The number of esters is 4. The van der Waals surface area contributed by atoms with E-state index in [-0.39, 0.29) is 25.7 Å². The van der Waals surface area contributed by atoms with Crippen LogP contribution in [0.1, 0.15) is 330 Å². The minimum atomic E-state index is -4.94. The van der Waals surface area contributed by atoms with Crippen molar-refractivity contribution in [3.63, 3.8) is 0 Å². The number of phosphoric ester groups is 2. The number of phosphoric acid groups is 2. The van der Waals surface area contributed by atoms with Gasteiger partial charge in [-0.25, -0.2) is 9.13 Å². The highest BCUT2D eigenvalue weighted by Gasteiger charge is 2.30. The number of rotatable bonds is 65. The summed E-state index contributed by atoms with van der Waals surface area (Å²) < 4.78 is 67.9. The summed E-state index contributed by atoms with van der Waals surface area (Å²) in [6.07, 6.45) is 43.1. The smallest absolute Gasteiger partial charge is 0.462 e. The summed E-state index contributed by atoms with van der Waals surface area (Å²) in [5, 5.41) is 10.5. The van der Waals surface area contributed by atoms with Crippen LogP contribution in [0.5, 0.6) is 0 Å². The lowest BCUT2D eigenvalue weighted by Crippen LogP contribution is -2.30. The van der Waals surface area contributed by atoms with E-state index in [1.807, 2.05) is 0 Å². The van der Waals surface area contributed by atoms with Gasteiger partial charge in [0.15, 0.2) is 12.2 Å². The largest absolute Gasteiger partial charge is 0.472 e. The summed E-state index contributed by atoms with van der Waals surface area (Å²) in [5.74, 6) is -1.37. The quantitative estimate of drug-likeness (QED) is 0.0222. The second-order valence-electron chi connectivity index (χ2n) is 24.0. The van der Waals surface area contributed by atoms with Crippen molar-refractivity contribution < 1.29 is 80.2 Å². The third-order valence-corrected chi connectivity index (χ3v) is 16.9. The van der Waals surface area contributed by atoms with Crippen molar-refractivity contribution in [2.45, 2.75) is 348 Å². The van der Waals surface area contributed by atoms with Crippen molar-refractivity contribution in [2.24, 2.45) is 5.92 Å². The van der Waals surface area contributed by atoms with Crippen LogP contribution in [0.3, 0.4) is 0 Å². The molecule has 3 N–H and O–H groups in total. The maximum absolute atomic E-state index is 13.0. The molecule has 84 heavy (non-hydrogen) atoms. The molecule has 0 aliphatic rings. The fraction of sp³-hybridized carbons (Fsp3) is 0.938. The van der Waals surface area contributed by atoms with Gasteiger partial charge in [-0.3, -0.25) is 37.3 Å². The van der Waals surface area contributed by atoms with Crippen molar-refractivity contribution in [1.82, 2.24) is 0 Å². The first-order valence-electron chi connectivity index (χ1n) is 34.1. The lowest BCUT2D eigenvalue weighted by atomic mass is 10.0. The molecular formula is C65H126O17P2. The molecule has 0 heterocycles. The Hall–Kier alpha value is -1.94. The zero-order chi connectivity index (χ0) is 62.0. The predicted molar refractivity (Wildman–Crippen MR) is 335 cm³/mol. The second kappa shape index (κ2) is 58.7. The Morgan fingerprint density at radius 3 is 0.810 bits per heavy atom. The number of hydrogen-bond acceptors (Lipinski definition) is 15. The number of hydrogen-bond donors (Lipinski definition) is 3. The Labute approximate surface area is 511 Å². The number of aliphatic hydroxyl groups excluding tert-OH is 1. The van der Waals surface area contributed by atoms with Gasteiger partial charge in [0, 0.05) is 25.7 Å². The number of carbonyl (C=O) groups excluding carboxylic acids is 4. The van der Waals surface area contributed by atoms with Crippen LogP contribution in [0, 0.1) is 5.92 Å². The van der Waals surface area contributed by atoms with Gasteiger partial charge < -0.3 is 33.8 Å². The first kappa shape index (κ1) is 82.1. The van der Waals surface area contributed by atoms with E-state index >= 15 is 0 Å². The molecule has 0 radical (unpaired) electrons. The van der Waals surface area contributed by atoms with E-state index in [0.29, 0.717) is 25.7 Å². The highest BCUT2D eigenvalue weighted by molar-refractivity contribution is 7.47. The van der Waals surface area contributed by atoms with E-state index < -0.39 is 97.5 Å². The zero-order valence-corrected chi connectivity index (χ0v) is 55.8. The molecule has 498 valence electrons. The maximum Gasteiger partial charge on any atom is 0.472 e. The SMILES string of the molecule is CCCCCCCCCCCCCCCCC(=O)OC[C@H](COP(=O)(O)OC[C@@H](O)COP(=O)(O)OC[C@@H](COC(=O)CCCCCCCCCC)OC(=O)CCCCCCCCCC)OC(=O)CCCCCCCCCCCCCC(C)C. The molecule has 2 unspecified atom stereocenters. The highest BCUT2D eigenvalue weighted by Crippen LogP contribution is 2.45. The van der Waals surface area contributed by atoms with Crippen LogP contribution in [-0.2, 0) is 65.4 Å². The Kier molecular flexibility index (Phi) is 57.4. The maximum atomic E-state index is 13.0. The van der Waals surface area contributed by atoms with Crippen molar-refractivity contribution >= 4 is 39.5 Å². The van der Waals surface area contributed by atoms with E-state index in [2.05, 4.69) is 34.6 Å². The summed E-state index contributed by atoms with van der Waals surface area (Å²) in [5.41, 5.74) is 0. The average molecular weight is 1240 g/mol. The van der Waals surface area contributed by atoms with Crippen LogP contribution in [0.2, 0.25) is 0 Å². The van der Waals surface area contributed by atoms with Gasteiger partial charge in [0.2, 0.25) is 0 Å². The summed E-state index contributed by atoms with van der Waals surface area (Å²) in [7, 11) is -9.88. The summed E-state index contributed by atoms with van der Waals surface area (Å²) in [6, 6.07) is 0. The first-order chi connectivity index (χ1) is 40.5. The Balaban J connectivity index is 5.20. The number of aliphatic hydroxyl groups is 1. The molecule has 0 aromatic carbocycles. The van der Waals surface area contributed by atoms with Crippen molar-refractivity contribution in [3.05, 3.63) is 0 Å². The average Bonchev–Trinajstić information content (AvgIpc) is 3.59. The van der Waals surface area contributed by atoms with E-state index in [0.717, 1.165) is 109 Å². The normalized spacial score (nSPS) is 14.2. The number of ether oxygens (including phenoxy) is 4. The topological polar surface area (TPSA) is 237 Å². The van der Waals surface area contributed by atoms with Crippen molar-refractivity contribution in [2.75, 3.05) is 39.6 Å². The number of carbonyl (C=O) groups is 4. The van der Waals surface area contributed by atoms with Gasteiger partial charge in [0.1, 0.15) is 19.3 Å². The van der Waals surface area contributed by atoms with Crippen LogP contribution in [0.4, 0.5) is 0 Å². The van der Waals surface area contributed by atoms with Crippen LogP contribution >= 0.6 is 15.6 Å². The molecule has 17 nitrogen and oxygen atoms in total. The molecule has 19 heteroatoms. The third-order valence-electron chi connectivity index (χ3n) is 15.0. The lowest BCUT2D eigenvalue weighted by molar-refractivity contribution is -0.161. The van der Waals surface area contributed by atoms with E-state index in [4.69, 9.17) is 37.0 Å². The summed E-state index contributed by atoms with van der Waals surface area (Å²) in [4.78, 5) is 72.1. The molecule has 0 amide bonds. The molecule has 0 saturated carbocycles. The molecule has 0 aliphatic heterocycles. The van der Waals surface area contributed by atoms with E-state index in [1.54, 1.807) is 0 Å². The molecule has 5 atom stereocenters. The van der Waals surface area contributed by atoms with Crippen LogP contribution in [-0.4, -0.2) is 96.7 Å². The minimum absolute atomic E-state index is 0.105. The fourth-order valence-corrected chi connectivity index (χ4v) is 11.3. The molecule has 0 fully saturated rings. The highest BCUT2D eigenvalue weighted by atomic mass is 31.2. The molecular weight excluding hydrogens is 1110 g/mol.